The Morgan fingerprint density at radius 2 is 2.05 bits per heavy atom. The van der Waals surface area contributed by atoms with E-state index in [9.17, 15) is 14.3 Å². The molecule has 1 aliphatic rings. The second kappa shape index (κ2) is 7.82. The molecule has 2 rings (SSSR count). The molecule has 0 bridgehead atoms. The molecule has 0 saturated carbocycles. The molecule has 4 N–H and O–H groups in total. The molecule has 0 unspecified atom stereocenters. The van der Waals surface area contributed by atoms with Crippen LogP contribution in [0.3, 0.4) is 0 Å². The van der Waals surface area contributed by atoms with Gasteiger partial charge in [-0.15, -0.1) is 0 Å². The Morgan fingerprint density at radius 1 is 1.30 bits per heavy atom. The molecule has 112 valence electrons. The van der Waals surface area contributed by atoms with Crippen LogP contribution >= 0.6 is 0 Å². The standard InChI is InChI=1S/C13H20N2O4S/c16-15-9-11-7-12(20(17)18)1-2-13(11)14-8-10-3-5-19-6-4-10/h1-2,7,10,14-15,17-18H,3-6,8-9H2. The van der Waals surface area contributed by atoms with E-state index in [2.05, 4.69) is 5.32 Å². The van der Waals surface area contributed by atoms with Gasteiger partial charge in [-0.1, -0.05) is 0 Å². The highest BCUT2D eigenvalue weighted by molar-refractivity contribution is 7.86. The zero-order valence-electron chi connectivity index (χ0n) is 11.2. The van der Waals surface area contributed by atoms with Crippen molar-refractivity contribution in [2.24, 2.45) is 5.92 Å². The summed E-state index contributed by atoms with van der Waals surface area (Å²) in [6.07, 6.45) is 2.08. The number of benzene rings is 1. The van der Waals surface area contributed by atoms with Crippen molar-refractivity contribution in [1.29, 1.82) is 0 Å². The molecule has 0 amide bonds. The normalized spacial score (nSPS) is 16.6. The Hall–Kier alpha value is -0.830. The second-order valence-corrected chi connectivity index (χ2v) is 5.84. The average Bonchev–Trinajstić information content (AvgIpc) is 2.47. The summed E-state index contributed by atoms with van der Waals surface area (Å²) in [7, 11) is 0. The third-order valence-corrected chi connectivity index (χ3v) is 4.15. The Morgan fingerprint density at radius 3 is 2.70 bits per heavy atom. The van der Waals surface area contributed by atoms with Crippen molar-refractivity contribution in [1.82, 2.24) is 5.48 Å². The Labute approximate surface area is 121 Å². The third-order valence-electron chi connectivity index (χ3n) is 3.47. The quantitative estimate of drug-likeness (QED) is 0.474. The van der Waals surface area contributed by atoms with E-state index in [1.165, 1.54) is 0 Å². The van der Waals surface area contributed by atoms with E-state index < -0.39 is 11.5 Å². The summed E-state index contributed by atoms with van der Waals surface area (Å²) in [6.45, 7) is 2.58. The summed E-state index contributed by atoms with van der Waals surface area (Å²) in [4.78, 5) is 0.409. The maximum Gasteiger partial charge on any atom is 0.351 e. The highest BCUT2D eigenvalue weighted by Crippen LogP contribution is 2.22. The lowest BCUT2D eigenvalue weighted by molar-refractivity contribution is 0.0699. The predicted octanol–water partition coefficient (Wildman–Crippen LogP) is 2.04. The summed E-state index contributed by atoms with van der Waals surface area (Å²) in [5.74, 6) is 0.571. The fourth-order valence-electron chi connectivity index (χ4n) is 2.28. The van der Waals surface area contributed by atoms with Crippen molar-refractivity contribution in [3.8, 4) is 0 Å². The van der Waals surface area contributed by atoms with E-state index in [1.54, 1.807) is 18.2 Å². The molecule has 1 saturated heterocycles. The lowest BCUT2D eigenvalue weighted by Crippen LogP contribution is -2.23. The van der Waals surface area contributed by atoms with Gasteiger partial charge in [0, 0.05) is 44.1 Å². The lowest BCUT2D eigenvalue weighted by atomic mass is 10.00. The van der Waals surface area contributed by atoms with Crippen LogP contribution < -0.4 is 10.8 Å². The fourth-order valence-corrected chi connectivity index (χ4v) is 2.72. The van der Waals surface area contributed by atoms with Crippen molar-refractivity contribution in [3.05, 3.63) is 29.0 Å². The molecule has 6 nitrogen and oxygen atoms in total. The largest absolute Gasteiger partial charge is 0.788 e. The van der Waals surface area contributed by atoms with Crippen LogP contribution in [-0.4, -0.2) is 28.9 Å². The number of anilines is 1. The van der Waals surface area contributed by atoms with Gasteiger partial charge in [0.2, 0.25) is 4.90 Å². The zero-order chi connectivity index (χ0) is 14.4. The van der Waals surface area contributed by atoms with Crippen LogP contribution in [0.4, 0.5) is 5.69 Å². The molecule has 0 aromatic heterocycles. The molecule has 0 aliphatic carbocycles. The number of rotatable bonds is 6. The minimum atomic E-state index is -1.78. The van der Waals surface area contributed by atoms with Gasteiger partial charge in [0.25, 0.3) is 0 Å². The van der Waals surface area contributed by atoms with Gasteiger partial charge in [-0.25, -0.2) is 0 Å². The first-order valence-corrected chi connectivity index (χ1v) is 7.76. The minimum absolute atomic E-state index is 0.140. The first-order chi connectivity index (χ1) is 9.70. The number of hydroxylamine groups is 1. The SMILES string of the molecule is [O-]NCc1cc([S+](O)O)ccc1NCC1CCOCC1. The number of nitrogens with one attached hydrogen (secondary N) is 2. The van der Waals surface area contributed by atoms with Gasteiger partial charge in [-0.05, 0) is 30.4 Å². The maximum atomic E-state index is 10.6. The van der Waals surface area contributed by atoms with Crippen LogP contribution in [0.1, 0.15) is 18.4 Å². The fraction of sp³-hybridized carbons (Fsp3) is 0.538. The Bertz CT molecular complexity index is 425. The summed E-state index contributed by atoms with van der Waals surface area (Å²) in [5.41, 5.74) is 3.45. The highest BCUT2D eigenvalue weighted by atomic mass is 32.2. The van der Waals surface area contributed by atoms with Gasteiger partial charge in [-0.3, -0.25) is 0 Å². The first kappa shape index (κ1) is 15.6. The van der Waals surface area contributed by atoms with Crippen LogP contribution in [0, 0.1) is 11.1 Å². The lowest BCUT2D eigenvalue weighted by Gasteiger charge is -2.23. The number of hydrogen-bond acceptors (Lipinski definition) is 6. The van der Waals surface area contributed by atoms with Crippen LogP contribution in [0.15, 0.2) is 23.1 Å². The van der Waals surface area contributed by atoms with E-state index in [4.69, 9.17) is 4.74 Å². The summed E-state index contributed by atoms with van der Waals surface area (Å²) in [6, 6.07) is 5.08. The molecule has 0 atom stereocenters. The minimum Gasteiger partial charge on any atom is -0.788 e. The zero-order valence-corrected chi connectivity index (χ0v) is 12.0. The van der Waals surface area contributed by atoms with Gasteiger partial charge < -0.3 is 20.7 Å². The van der Waals surface area contributed by atoms with Crippen molar-refractivity contribution in [2.75, 3.05) is 25.1 Å². The van der Waals surface area contributed by atoms with Gasteiger partial charge >= 0.3 is 11.5 Å². The van der Waals surface area contributed by atoms with E-state index in [0.29, 0.717) is 10.8 Å². The molecule has 1 heterocycles. The Balaban J connectivity index is 2.01. The highest BCUT2D eigenvalue weighted by Gasteiger charge is 2.19. The molecule has 0 spiro atoms. The molecule has 1 aromatic rings. The average molecular weight is 300 g/mol. The molecule has 20 heavy (non-hydrogen) atoms. The van der Waals surface area contributed by atoms with Gasteiger partial charge in [0.1, 0.15) is 0 Å². The smallest absolute Gasteiger partial charge is 0.351 e. The first-order valence-electron chi connectivity index (χ1n) is 6.62. The van der Waals surface area contributed by atoms with Crippen LogP contribution in [-0.2, 0) is 22.7 Å². The van der Waals surface area contributed by atoms with Crippen molar-refractivity contribution in [2.45, 2.75) is 24.3 Å². The van der Waals surface area contributed by atoms with Crippen LogP contribution in [0.2, 0.25) is 0 Å². The van der Waals surface area contributed by atoms with Gasteiger partial charge in [-0.2, -0.15) is 9.11 Å². The van der Waals surface area contributed by atoms with E-state index in [0.717, 1.165) is 43.9 Å². The predicted molar refractivity (Wildman–Crippen MR) is 79.6 cm³/mol. The van der Waals surface area contributed by atoms with Crippen LogP contribution in [0.25, 0.3) is 0 Å². The van der Waals surface area contributed by atoms with Crippen LogP contribution in [0.5, 0.6) is 0 Å². The van der Waals surface area contributed by atoms with Gasteiger partial charge in [0.15, 0.2) is 0 Å². The molecular weight excluding hydrogens is 280 g/mol. The molecule has 1 aliphatic heterocycles. The molecule has 0 radical (unpaired) electrons. The number of hydrogen-bond donors (Lipinski definition) is 4. The summed E-state index contributed by atoms with van der Waals surface area (Å²) in [5, 5.41) is 14.0. The molecule has 1 aromatic carbocycles. The van der Waals surface area contributed by atoms with E-state index in [-0.39, 0.29) is 6.54 Å². The van der Waals surface area contributed by atoms with Crippen molar-refractivity contribution < 1.29 is 13.8 Å². The molecular formula is C13H20N2O4S. The van der Waals surface area contributed by atoms with E-state index >= 15 is 0 Å². The van der Waals surface area contributed by atoms with E-state index in [1.807, 2.05) is 5.48 Å². The topological polar surface area (TPSA) is 96.8 Å². The second-order valence-electron chi connectivity index (χ2n) is 4.84. The van der Waals surface area contributed by atoms with Gasteiger partial charge in [0.05, 0.1) is 0 Å². The molecule has 1 fully saturated rings. The Kier molecular flexibility index (Phi) is 6.08. The van der Waals surface area contributed by atoms with Crippen molar-refractivity contribution in [3.63, 3.8) is 0 Å². The molecule has 7 heteroatoms. The summed E-state index contributed by atoms with van der Waals surface area (Å²) >= 11 is -1.78. The monoisotopic (exact) mass is 300 g/mol. The third kappa shape index (κ3) is 4.34. The number of ether oxygens (including phenoxy) is 1. The maximum absolute atomic E-state index is 10.6. The summed E-state index contributed by atoms with van der Waals surface area (Å²) < 4.78 is 23.7. The van der Waals surface area contributed by atoms with Crippen molar-refractivity contribution >= 4 is 17.1 Å².